The monoisotopic (exact) mass is 360 g/mol. The van der Waals surface area contributed by atoms with Crippen LogP contribution < -0.4 is 0 Å². The zero-order valence-electron chi connectivity index (χ0n) is 16.6. The van der Waals surface area contributed by atoms with Gasteiger partial charge < -0.3 is 0 Å². The van der Waals surface area contributed by atoms with Gasteiger partial charge in [0.05, 0.1) is 0 Å². The zero-order chi connectivity index (χ0) is 19.9. The van der Waals surface area contributed by atoms with Gasteiger partial charge in [-0.1, -0.05) is 84.4 Å². The summed E-state index contributed by atoms with van der Waals surface area (Å²) >= 11 is 0. The van der Waals surface area contributed by atoms with E-state index in [1.165, 1.54) is 21.9 Å². The molecule has 0 aliphatic carbocycles. The summed E-state index contributed by atoms with van der Waals surface area (Å²) in [5.41, 5.74) is 6.34. The summed E-state index contributed by atoms with van der Waals surface area (Å²) in [6.45, 7) is 12.3. The van der Waals surface area contributed by atoms with Crippen LogP contribution in [-0.2, 0) is 0 Å². The third-order valence-electron chi connectivity index (χ3n) is 4.54. The van der Waals surface area contributed by atoms with Crippen molar-refractivity contribution in [1.82, 2.24) is 0 Å². The second-order valence-corrected chi connectivity index (χ2v) is 7.14. The Balaban J connectivity index is 1.57. The van der Waals surface area contributed by atoms with Gasteiger partial charge in [-0.15, -0.1) is 0 Å². The van der Waals surface area contributed by atoms with Crippen LogP contribution >= 0.6 is 0 Å². The van der Waals surface area contributed by atoms with Crippen molar-refractivity contribution in [2.75, 3.05) is 0 Å². The van der Waals surface area contributed by atoms with Gasteiger partial charge >= 0.3 is 0 Å². The molecule has 0 N–H and O–H groups in total. The summed E-state index contributed by atoms with van der Waals surface area (Å²) in [6, 6.07) is 21.0. The Hall–Kier alpha value is -3.48. The van der Waals surface area contributed by atoms with Crippen LogP contribution in [0.5, 0.6) is 0 Å². The fourth-order valence-electron chi connectivity index (χ4n) is 2.83. The van der Waals surface area contributed by atoms with Crippen LogP contribution in [0.4, 0.5) is 0 Å². The standard InChI is InChI=1S/C28H24/c1-21(7-12-25-13-8-23(3)9-14-25)5-6-22(2)10-15-26-16-18-27-19-24(4)11-17-28(27)20-26/h8-9,11,13-14,16-20H,1-2,5-6H2,3-4H3. The molecule has 0 aliphatic heterocycles. The van der Waals surface area contributed by atoms with E-state index < -0.39 is 0 Å². The summed E-state index contributed by atoms with van der Waals surface area (Å²) in [7, 11) is 0. The zero-order valence-corrected chi connectivity index (χ0v) is 16.6. The predicted molar refractivity (Wildman–Crippen MR) is 121 cm³/mol. The second-order valence-electron chi connectivity index (χ2n) is 7.14. The smallest absolute Gasteiger partial charge is 0.0255 e. The maximum absolute atomic E-state index is 4.08. The van der Waals surface area contributed by atoms with E-state index >= 15 is 0 Å². The lowest BCUT2D eigenvalue weighted by Gasteiger charge is -2.00. The van der Waals surface area contributed by atoms with Gasteiger partial charge in [-0.3, -0.25) is 0 Å². The van der Waals surface area contributed by atoms with Gasteiger partial charge in [0.25, 0.3) is 0 Å². The molecular weight excluding hydrogens is 336 g/mol. The summed E-state index contributed by atoms with van der Waals surface area (Å²) < 4.78 is 0. The Morgan fingerprint density at radius 3 is 1.82 bits per heavy atom. The van der Waals surface area contributed by atoms with Crippen molar-refractivity contribution in [3.63, 3.8) is 0 Å². The predicted octanol–water partition coefficient (Wildman–Crippen LogP) is 6.75. The number of fused-ring (bicyclic) bond motifs is 1. The van der Waals surface area contributed by atoms with Crippen LogP contribution in [0.3, 0.4) is 0 Å². The fourth-order valence-corrected chi connectivity index (χ4v) is 2.83. The highest BCUT2D eigenvalue weighted by Crippen LogP contribution is 2.17. The molecule has 0 aromatic heterocycles. The number of aryl methyl sites for hydroxylation is 2. The highest BCUT2D eigenvalue weighted by Gasteiger charge is 1.96. The van der Waals surface area contributed by atoms with Crippen LogP contribution in [0, 0.1) is 37.5 Å². The minimum absolute atomic E-state index is 0.779. The number of benzene rings is 3. The molecule has 3 rings (SSSR count). The largest absolute Gasteiger partial charge is 0.0874 e. The molecule has 0 aliphatic rings. The number of hydrogen-bond acceptors (Lipinski definition) is 0. The first-order chi connectivity index (χ1) is 13.5. The summed E-state index contributed by atoms with van der Waals surface area (Å²) in [5.74, 6) is 12.7. The van der Waals surface area contributed by atoms with Crippen LogP contribution in [0.2, 0.25) is 0 Å². The molecule has 0 saturated carbocycles. The summed E-state index contributed by atoms with van der Waals surface area (Å²) in [6.07, 6.45) is 1.56. The van der Waals surface area contributed by atoms with Crippen LogP contribution in [0.25, 0.3) is 10.8 Å². The molecule has 28 heavy (non-hydrogen) atoms. The highest BCUT2D eigenvalue weighted by atomic mass is 14.0. The Kier molecular flexibility index (Phi) is 6.16. The Morgan fingerprint density at radius 1 is 0.643 bits per heavy atom. The summed E-state index contributed by atoms with van der Waals surface area (Å²) in [4.78, 5) is 0. The second kappa shape index (κ2) is 8.94. The third kappa shape index (κ3) is 5.51. The van der Waals surface area contributed by atoms with Gasteiger partial charge in [0.2, 0.25) is 0 Å². The van der Waals surface area contributed by atoms with Crippen molar-refractivity contribution in [2.24, 2.45) is 0 Å². The molecular formula is C28H24. The van der Waals surface area contributed by atoms with E-state index in [2.05, 4.69) is 99.2 Å². The number of rotatable bonds is 3. The average Bonchev–Trinajstić information content (AvgIpc) is 2.70. The molecule has 0 bridgehead atoms. The Morgan fingerprint density at radius 2 is 1.14 bits per heavy atom. The van der Waals surface area contributed by atoms with Crippen molar-refractivity contribution in [2.45, 2.75) is 26.7 Å². The Labute approximate surface area is 168 Å². The van der Waals surface area contributed by atoms with E-state index in [1.54, 1.807) is 0 Å². The quantitative estimate of drug-likeness (QED) is 0.453. The number of hydrogen-bond donors (Lipinski definition) is 0. The van der Waals surface area contributed by atoms with Crippen molar-refractivity contribution in [3.05, 3.63) is 107 Å². The van der Waals surface area contributed by atoms with Gasteiger partial charge in [-0.05, 0) is 72.9 Å². The lowest BCUT2D eigenvalue weighted by atomic mass is 10.0. The normalized spacial score (nSPS) is 9.79. The molecule has 0 fully saturated rings. The van der Waals surface area contributed by atoms with Crippen molar-refractivity contribution < 1.29 is 0 Å². The van der Waals surface area contributed by atoms with Crippen LogP contribution in [-0.4, -0.2) is 0 Å². The first kappa shape index (κ1) is 19.3. The average molecular weight is 360 g/mol. The van der Waals surface area contributed by atoms with E-state index in [9.17, 15) is 0 Å². The SMILES string of the molecule is C=C(C#Cc1ccc(C)cc1)CCC(=C)C#Cc1ccc2cc(C)ccc2c1. The van der Waals surface area contributed by atoms with E-state index in [1.807, 2.05) is 12.1 Å². The van der Waals surface area contributed by atoms with E-state index in [4.69, 9.17) is 0 Å². The molecule has 0 amide bonds. The first-order valence-corrected chi connectivity index (χ1v) is 9.46. The summed E-state index contributed by atoms with van der Waals surface area (Å²) in [5, 5.41) is 2.45. The maximum atomic E-state index is 4.08. The third-order valence-corrected chi connectivity index (χ3v) is 4.54. The van der Waals surface area contributed by atoms with Gasteiger partial charge in [0.15, 0.2) is 0 Å². The first-order valence-electron chi connectivity index (χ1n) is 9.46. The molecule has 0 heterocycles. The van der Waals surface area contributed by atoms with Gasteiger partial charge in [-0.25, -0.2) is 0 Å². The minimum Gasteiger partial charge on any atom is -0.0874 e. The molecule has 136 valence electrons. The van der Waals surface area contributed by atoms with Crippen molar-refractivity contribution in [3.8, 4) is 23.7 Å². The molecule has 0 saturated heterocycles. The number of allylic oxidation sites excluding steroid dienone is 2. The van der Waals surface area contributed by atoms with E-state index in [0.29, 0.717) is 0 Å². The molecule has 0 nitrogen and oxygen atoms in total. The van der Waals surface area contributed by atoms with Crippen LogP contribution in [0.1, 0.15) is 35.1 Å². The van der Waals surface area contributed by atoms with Gasteiger partial charge in [0.1, 0.15) is 0 Å². The maximum Gasteiger partial charge on any atom is 0.0255 e. The highest BCUT2D eigenvalue weighted by molar-refractivity contribution is 5.84. The minimum atomic E-state index is 0.779. The van der Waals surface area contributed by atoms with Crippen molar-refractivity contribution in [1.29, 1.82) is 0 Å². The van der Waals surface area contributed by atoms with Crippen molar-refractivity contribution >= 4 is 10.8 Å². The molecule has 3 aromatic rings. The van der Waals surface area contributed by atoms with Gasteiger partial charge in [-0.2, -0.15) is 0 Å². The molecule has 0 spiro atoms. The van der Waals surface area contributed by atoms with E-state index in [-0.39, 0.29) is 0 Å². The lowest BCUT2D eigenvalue weighted by molar-refractivity contribution is 0.993. The molecule has 0 heteroatoms. The molecule has 0 atom stereocenters. The van der Waals surface area contributed by atoms with Crippen LogP contribution in [0.15, 0.2) is 85.0 Å². The topological polar surface area (TPSA) is 0 Å². The van der Waals surface area contributed by atoms with E-state index in [0.717, 1.165) is 35.1 Å². The molecule has 3 aromatic carbocycles. The molecule has 0 radical (unpaired) electrons. The Bertz CT molecular complexity index is 1150. The fraction of sp³-hybridized carbons (Fsp3) is 0.143. The van der Waals surface area contributed by atoms with Gasteiger partial charge in [0, 0.05) is 11.1 Å². The lowest BCUT2D eigenvalue weighted by Crippen LogP contribution is -1.83. The molecule has 0 unspecified atom stereocenters.